The monoisotopic (exact) mass is 364 g/mol. The number of amides is 2. The number of nitrogens with one attached hydrogen (secondary N) is 2. The van der Waals surface area contributed by atoms with E-state index in [1.165, 1.54) is 4.68 Å². The first-order valence-corrected chi connectivity index (χ1v) is 8.96. The smallest absolute Gasteiger partial charge is 0.407 e. The molecule has 2 N–H and O–H groups in total. The largest absolute Gasteiger partial charge is 0.444 e. The van der Waals surface area contributed by atoms with Gasteiger partial charge < -0.3 is 15.4 Å². The molecule has 0 fully saturated rings. The third-order valence-electron chi connectivity index (χ3n) is 4.15. The Morgan fingerprint density at radius 1 is 1.31 bits per heavy atom. The Labute approximate surface area is 153 Å². The number of alkyl carbamates (subject to hydrolysis) is 1. The summed E-state index contributed by atoms with van der Waals surface area (Å²) in [4.78, 5) is 35.5. The van der Waals surface area contributed by atoms with Crippen molar-refractivity contribution in [1.29, 1.82) is 0 Å². The zero-order chi connectivity index (χ0) is 19.3. The van der Waals surface area contributed by atoms with Crippen LogP contribution in [0.1, 0.15) is 44.9 Å². The second-order valence-corrected chi connectivity index (χ2v) is 7.59. The molecule has 8 heteroatoms. The van der Waals surface area contributed by atoms with Gasteiger partial charge in [0.1, 0.15) is 5.60 Å². The number of rotatable bonds is 5. The van der Waals surface area contributed by atoms with Gasteiger partial charge in [0.15, 0.2) is 0 Å². The minimum atomic E-state index is -0.522. The van der Waals surface area contributed by atoms with Gasteiger partial charge in [-0.05, 0) is 52.0 Å². The average Bonchev–Trinajstić information content (AvgIpc) is 2.53. The number of fused-ring (bicyclic) bond motifs is 1. The van der Waals surface area contributed by atoms with E-state index in [-0.39, 0.29) is 17.4 Å². The van der Waals surface area contributed by atoms with Crippen LogP contribution in [0.5, 0.6) is 0 Å². The van der Waals surface area contributed by atoms with E-state index in [2.05, 4.69) is 15.7 Å². The van der Waals surface area contributed by atoms with E-state index in [9.17, 15) is 14.4 Å². The molecular formula is C18H28N4O4. The van der Waals surface area contributed by atoms with Crippen LogP contribution in [0, 0.1) is 5.92 Å². The second kappa shape index (κ2) is 8.33. The fourth-order valence-corrected chi connectivity index (χ4v) is 2.86. The van der Waals surface area contributed by atoms with Crippen molar-refractivity contribution in [2.75, 3.05) is 13.1 Å². The third-order valence-corrected chi connectivity index (χ3v) is 4.15. The molecule has 0 saturated carbocycles. The minimum Gasteiger partial charge on any atom is -0.444 e. The Balaban J connectivity index is 1.71. The van der Waals surface area contributed by atoms with E-state index in [0.29, 0.717) is 32.4 Å². The fourth-order valence-electron chi connectivity index (χ4n) is 2.86. The molecule has 1 aromatic rings. The van der Waals surface area contributed by atoms with Crippen LogP contribution in [0.15, 0.2) is 10.9 Å². The van der Waals surface area contributed by atoms with Crippen LogP contribution < -0.4 is 16.2 Å². The number of hydrogen-bond acceptors (Lipinski definition) is 5. The van der Waals surface area contributed by atoms with Crippen molar-refractivity contribution in [3.05, 3.63) is 27.7 Å². The fraction of sp³-hybridized carbons (Fsp3) is 0.667. The highest BCUT2D eigenvalue weighted by Gasteiger charge is 2.26. The summed E-state index contributed by atoms with van der Waals surface area (Å²) in [7, 11) is 1.63. The van der Waals surface area contributed by atoms with Crippen LogP contribution in [-0.2, 0) is 29.4 Å². The van der Waals surface area contributed by atoms with Gasteiger partial charge >= 0.3 is 6.09 Å². The normalized spacial score (nSPS) is 16.5. The van der Waals surface area contributed by atoms with E-state index < -0.39 is 11.7 Å². The number of ether oxygens (including phenoxy) is 1. The summed E-state index contributed by atoms with van der Waals surface area (Å²) in [5.41, 5.74) is 1.09. The molecule has 1 aromatic heterocycles. The highest BCUT2D eigenvalue weighted by molar-refractivity contribution is 5.79. The summed E-state index contributed by atoms with van der Waals surface area (Å²) >= 11 is 0. The molecule has 0 unspecified atom stereocenters. The van der Waals surface area contributed by atoms with Gasteiger partial charge in [-0.3, -0.25) is 9.59 Å². The van der Waals surface area contributed by atoms with E-state index in [0.717, 1.165) is 17.7 Å². The first-order chi connectivity index (χ1) is 12.2. The first kappa shape index (κ1) is 19.9. The van der Waals surface area contributed by atoms with Crippen molar-refractivity contribution < 1.29 is 14.3 Å². The van der Waals surface area contributed by atoms with Crippen molar-refractivity contribution in [2.24, 2.45) is 13.0 Å². The average molecular weight is 364 g/mol. The molecule has 0 aromatic carbocycles. The number of aromatic nitrogens is 2. The number of carbonyl (C=O) groups is 2. The second-order valence-electron chi connectivity index (χ2n) is 7.59. The Kier molecular flexibility index (Phi) is 6.39. The number of nitrogens with zero attached hydrogens (tertiary/aromatic N) is 2. The van der Waals surface area contributed by atoms with Crippen LogP contribution >= 0.6 is 0 Å². The van der Waals surface area contributed by atoms with Gasteiger partial charge in [0, 0.05) is 32.1 Å². The molecule has 2 amide bonds. The standard InChI is InChI=1S/C18H28N4O4/c1-18(2,3)26-17(25)20-9-5-8-19-16(24)12-6-7-14-13(10-12)11-15(23)22(4)21-14/h11-12H,5-10H2,1-4H3,(H,19,24)(H,20,25)/t12-/m0/s1. The van der Waals surface area contributed by atoms with Crippen molar-refractivity contribution in [2.45, 2.75) is 52.1 Å². The summed E-state index contributed by atoms with van der Waals surface area (Å²) in [5, 5.41) is 9.81. The molecule has 0 radical (unpaired) electrons. The molecule has 26 heavy (non-hydrogen) atoms. The van der Waals surface area contributed by atoms with Crippen LogP contribution in [0.25, 0.3) is 0 Å². The van der Waals surface area contributed by atoms with Crippen molar-refractivity contribution >= 4 is 12.0 Å². The van der Waals surface area contributed by atoms with Gasteiger partial charge in [-0.25, -0.2) is 9.48 Å². The van der Waals surface area contributed by atoms with Crippen LogP contribution in [0.4, 0.5) is 4.79 Å². The van der Waals surface area contributed by atoms with Crippen molar-refractivity contribution in [1.82, 2.24) is 20.4 Å². The molecule has 1 aliphatic rings. The predicted molar refractivity (Wildman–Crippen MR) is 96.9 cm³/mol. The molecule has 1 atom stereocenters. The zero-order valence-electron chi connectivity index (χ0n) is 15.9. The maximum atomic E-state index is 12.3. The van der Waals surface area contributed by atoms with Gasteiger partial charge in [0.05, 0.1) is 5.69 Å². The number of aryl methyl sites for hydroxylation is 2. The Morgan fingerprint density at radius 3 is 2.69 bits per heavy atom. The molecule has 0 aliphatic heterocycles. The SMILES string of the molecule is Cn1nc2c(cc1=O)C[C@@H](C(=O)NCCCNC(=O)OC(C)(C)C)CC2. The highest BCUT2D eigenvalue weighted by atomic mass is 16.6. The molecule has 0 spiro atoms. The van der Waals surface area contributed by atoms with Crippen molar-refractivity contribution in [3.8, 4) is 0 Å². The zero-order valence-corrected chi connectivity index (χ0v) is 15.9. The summed E-state index contributed by atoms with van der Waals surface area (Å²) in [6.45, 7) is 6.33. The van der Waals surface area contributed by atoms with Gasteiger partial charge in [0.2, 0.25) is 5.91 Å². The Bertz CT molecular complexity index is 721. The van der Waals surface area contributed by atoms with E-state index in [1.54, 1.807) is 33.9 Å². The lowest BCUT2D eigenvalue weighted by molar-refractivity contribution is -0.125. The first-order valence-electron chi connectivity index (χ1n) is 8.96. The lowest BCUT2D eigenvalue weighted by Gasteiger charge is -2.23. The predicted octanol–water partition coefficient (Wildman–Crippen LogP) is 0.916. The van der Waals surface area contributed by atoms with Crippen LogP contribution in [0.3, 0.4) is 0 Å². The topological polar surface area (TPSA) is 102 Å². The maximum absolute atomic E-state index is 12.3. The van der Waals surface area contributed by atoms with Gasteiger partial charge in [0.25, 0.3) is 5.56 Å². The molecule has 1 aliphatic carbocycles. The minimum absolute atomic E-state index is 0.0198. The van der Waals surface area contributed by atoms with E-state index >= 15 is 0 Å². The van der Waals surface area contributed by atoms with Crippen molar-refractivity contribution in [3.63, 3.8) is 0 Å². The number of carbonyl (C=O) groups excluding carboxylic acids is 2. The van der Waals surface area contributed by atoms with E-state index in [1.807, 2.05) is 0 Å². The molecule has 8 nitrogen and oxygen atoms in total. The summed E-state index contributed by atoms with van der Waals surface area (Å²) < 4.78 is 6.47. The maximum Gasteiger partial charge on any atom is 0.407 e. The van der Waals surface area contributed by atoms with Crippen LogP contribution in [-0.4, -0.2) is 40.5 Å². The summed E-state index contributed by atoms with van der Waals surface area (Å²) in [6, 6.07) is 1.58. The number of hydrogen-bond donors (Lipinski definition) is 2. The quantitative estimate of drug-likeness (QED) is 0.756. The van der Waals surface area contributed by atoms with E-state index in [4.69, 9.17) is 4.74 Å². The molecule has 2 rings (SSSR count). The van der Waals surface area contributed by atoms with Gasteiger partial charge in [-0.15, -0.1) is 0 Å². The lowest BCUT2D eigenvalue weighted by atomic mass is 9.86. The lowest BCUT2D eigenvalue weighted by Crippen LogP contribution is -2.37. The molecule has 1 heterocycles. The van der Waals surface area contributed by atoms with Crippen LogP contribution in [0.2, 0.25) is 0 Å². The third kappa shape index (κ3) is 5.86. The van der Waals surface area contributed by atoms with Gasteiger partial charge in [-0.1, -0.05) is 0 Å². The molecule has 144 valence electrons. The summed E-state index contributed by atoms with van der Waals surface area (Å²) in [5.74, 6) is -0.163. The van der Waals surface area contributed by atoms with Gasteiger partial charge in [-0.2, -0.15) is 5.10 Å². The molecular weight excluding hydrogens is 336 g/mol. The molecule has 0 bridgehead atoms. The Hall–Kier alpha value is -2.38. The molecule has 0 saturated heterocycles. The summed E-state index contributed by atoms with van der Waals surface area (Å²) in [6.07, 6.45) is 2.13. The highest BCUT2D eigenvalue weighted by Crippen LogP contribution is 2.23. The Morgan fingerprint density at radius 2 is 2.00 bits per heavy atom.